The van der Waals surface area contributed by atoms with Gasteiger partial charge in [0, 0.05) is 24.6 Å². The van der Waals surface area contributed by atoms with Gasteiger partial charge in [-0.15, -0.1) is 0 Å². The number of ketones is 1. The lowest BCUT2D eigenvalue weighted by Crippen LogP contribution is -2.25. The van der Waals surface area contributed by atoms with Crippen LogP contribution in [0.2, 0.25) is 0 Å². The highest BCUT2D eigenvalue weighted by Gasteiger charge is 2.12. The van der Waals surface area contributed by atoms with Crippen molar-refractivity contribution < 1.29 is 4.79 Å². The molecular formula is C10H21NOS. The van der Waals surface area contributed by atoms with Gasteiger partial charge in [-0.2, -0.15) is 11.8 Å². The predicted octanol–water partition coefficient (Wildman–Crippen LogP) is 2.04. The second-order valence-corrected chi connectivity index (χ2v) is 4.75. The van der Waals surface area contributed by atoms with E-state index in [1.807, 2.05) is 14.1 Å². The Bertz CT molecular complexity index is 148. The second-order valence-electron chi connectivity index (χ2n) is 3.61. The Balaban J connectivity index is 3.76. The molecule has 0 rings (SSSR count). The summed E-state index contributed by atoms with van der Waals surface area (Å²) in [5.74, 6) is 0.406. The minimum absolute atomic E-state index is 0.406. The Kier molecular flexibility index (Phi) is 7.38. The average molecular weight is 203 g/mol. The predicted molar refractivity (Wildman–Crippen MR) is 60.4 cm³/mol. The molecule has 13 heavy (non-hydrogen) atoms. The van der Waals surface area contributed by atoms with Gasteiger partial charge in [0.2, 0.25) is 0 Å². The van der Waals surface area contributed by atoms with Crippen LogP contribution in [0.25, 0.3) is 0 Å². The smallest absolute Gasteiger partial charge is 0.134 e. The molecular weight excluding hydrogens is 182 g/mol. The van der Waals surface area contributed by atoms with Crippen molar-refractivity contribution in [3.05, 3.63) is 0 Å². The summed E-state index contributed by atoms with van der Waals surface area (Å²) in [6.07, 6.45) is 4.52. The summed E-state index contributed by atoms with van der Waals surface area (Å²) in [5, 5.41) is 0.467. The lowest BCUT2D eigenvalue weighted by molar-refractivity contribution is -0.119. The number of rotatable bonds is 7. The molecule has 0 aliphatic carbocycles. The van der Waals surface area contributed by atoms with Gasteiger partial charge in [0.05, 0.1) is 0 Å². The first-order chi connectivity index (χ1) is 6.10. The molecule has 0 aromatic rings. The number of thioether (sulfide) groups is 1. The lowest BCUT2D eigenvalue weighted by Gasteiger charge is -2.18. The van der Waals surface area contributed by atoms with Crippen LogP contribution < -0.4 is 0 Å². The van der Waals surface area contributed by atoms with E-state index in [-0.39, 0.29) is 0 Å². The van der Waals surface area contributed by atoms with Gasteiger partial charge in [-0.3, -0.25) is 4.79 Å². The maximum atomic E-state index is 11.4. The van der Waals surface area contributed by atoms with Crippen molar-refractivity contribution in [2.24, 2.45) is 0 Å². The average Bonchev–Trinajstić information content (AvgIpc) is 2.02. The van der Waals surface area contributed by atoms with E-state index < -0.39 is 0 Å². The molecule has 0 aliphatic rings. The molecule has 0 aromatic heterocycles. The standard InChI is InChI=1S/C10H21NOS/c1-5-6-9(12)7-10(13-4)8-11(2)3/h10H,5-8H2,1-4H3. The number of Topliss-reactive ketones (excluding diaryl/α,β-unsaturated/α-hetero) is 1. The van der Waals surface area contributed by atoms with Crippen molar-refractivity contribution in [2.45, 2.75) is 31.4 Å². The van der Waals surface area contributed by atoms with Crippen LogP contribution in [-0.4, -0.2) is 42.8 Å². The minimum atomic E-state index is 0.406. The number of carbonyl (C=O) groups excluding carboxylic acids is 1. The van der Waals surface area contributed by atoms with Gasteiger partial charge in [-0.25, -0.2) is 0 Å². The minimum Gasteiger partial charge on any atom is -0.308 e. The summed E-state index contributed by atoms with van der Waals surface area (Å²) >= 11 is 1.79. The van der Waals surface area contributed by atoms with Crippen molar-refractivity contribution in [3.8, 4) is 0 Å². The van der Waals surface area contributed by atoms with Gasteiger partial charge in [-0.05, 0) is 26.8 Å². The summed E-state index contributed by atoms with van der Waals surface area (Å²) in [5.41, 5.74) is 0. The van der Waals surface area contributed by atoms with Gasteiger partial charge in [0.25, 0.3) is 0 Å². The Morgan fingerprint density at radius 2 is 2.08 bits per heavy atom. The highest BCUT2D eigenvalue weighted by atomic mass is 32.2. The van der Waals surface area contributed by atoms with Crippen molar-refractivity contribution in [3.63, 3.8) is 0 Å². The second kappa shape index (κ2) is 7.39. The number of hydrogen-bond donors (Lipinski definition) is 0. The van der Waals surface area contributed by atoms with Crippen LogP contribution >= 0.6 is 11.8 Å². The fourth-order valence-corrected chi connectivity index (χ4v) is 2.06. The van der Waals surface area contributed by atoms with Crippen LogP contribution in [-0.2, 0) is 4.79 Å². The first-order valence-corrected chi connectivity index (χ1v) is 6.08. The number of carbonyl (C=O) groups is 1. The molecule has 0 heterocycles. The van der Waals surface area contributed by atoms with Crippen molar-refractivity contribution in [2.75, 3.05) is 26.9 Å². The van der Waals surface area contributed by atoms with E-state index in [1.54, 1.807) is 11.8 Å². The van der Waals surface area contributed by atoms with E-state index >= 15 is 0 Å². The maximum absolute atomic E-state index is 11.4. The molecule has 0 fully saturated rings. The van der Waals surface area contributed by atoms with Gasteiger partial charge in [0.1, 0.15) is 5.78 Å². The monoisotopic (exact) mass is 203 g/mol. The van der Waals surface area contributed by atoms with Gasteiger partial charge >= 0.3 is 0 Å². The molecule has 78 valence electrons. The fraction of sp³-hybridized carbons (Fsp3) is 0.900. The highest BCUT2D eigenvalue weighted by Crippen LogP contribution is 2.13. The highest BCUT2D eigenvalue weighted by molar-refractivity contribution is 7.99. The molecule has 0 N–H and O–H groups in total. The normalized spacial score (nSPS) is 13.3. The van der Waals surface area contributed by atoms with Gasteiger partial charge < -0.3 is 4.90 Å². The molecule has 0 aliphatic heterocycles. The van der Waals surface area contributed by atoms with Crippen LogP contribution in [0.3, 0.4) is 0 Å². The molecule has 0 saturated carbocycles. The zero-order valence-corrected chi connectivity index (χ0v) is 9.99. The molecule has 0 aromatic carbocycles. The third-order valence-electron chi connectivity index (χ3n) is 1.89. The van der Waals surface area contributed by atoms with Crippen LogP contribution in [0, 0.1) is 0 Å². The van der Waals surface area contributed by atoms with E-state index in [2.05, 4.69) is 18.1 Å². The SMILES string of the molecule is CCCC(=O)CC(CN(C)C)SC. The lowest BCUT2D eigenvalue weighted by atomic mass is 10.1. The molecule has 2 nitrogen and oxygen atoms in total. The third-order valence-corrected chi connectivity index (χ3v) is 2.87. The van der Waals surface area contributed by atoms with Crippen molar-refractivity contribution in [1.82, 2.24) is 4.90 Å². The topological polar surface area (TPSA) is 20.3 Å². The Morgan fingerprint density at radius 1 is 1.46 bits per heavy atom. The Labute approximate surface area is 86.1 Å². The molecule has 0 bridgehead atoms. The van der Waals surface area contributed by atoms with Crippen LogP contribution in [0.1, 0.15) is 26.2 Å². The quantitative estimate of drug-likeness (QED) is 0.631. The Hall–Kier alpha value is -0.0200. The summed E-state index contributed by atoms with van der Waals surface area (Å²) in [6.45, 7) is 3.05. The number of hydrogen-bond acceptors (Lipinski definition) is 3. The first kappa shape index (κ1) is 13.0. The van der Waals surface area contributed by atoms with Crippen LogP contribution in [0.15, 0.2) is 0 Å². The van der Waals surface area contributed by atoms with Crippen LogP contribution in [0.5, 0.6) is 0 Å². The first-order valence-electron chi connectivity index (χ1n) is 4.79. The maximum Gasteiger partial charge on any atom is 0.134 e. The summed E-state index contributed by atoms with van der Waals surface area (Å²) in [7, 11) is 4.10. The summed E-state index contributed by atoms with van der Waals surface area (Å²) < 4.78 is 0. The van der Waals surface area contributed by atoms with Crippen LogP contribution in [0.4, 0.5) is 0 Å². The van der Waals surface area contributed by atoms with E-state index in [0.717, 1.165) is 25.8 Å². The zero-order chi connectivity index (χ0) is 10.3. The molecule has 0 radical (unpaired) electrons. The third kappa shape index (κ3) is 7.08. The van der Waals surface area contributed by atoms with Crippen molar-refractivity contribution >= 4 is 17.5 Å². The molecule has 1 unspecified atom stereocenters. The molecule has 0 saturated heterocycles. The molecule has 3 heteroatoms. The molecule has 0 spiro atoms. The summed E-state index contributed by atoms with van der Waals surface area (Å²) in [6, 6.07) is 0. The molecule has 1 atom stereocenters. The fourth-order valence-electron chi connectivity index (χ4n) is 1.26. The van der Waals surface area contributed by atoms with Gasteiger partial charge in [0.15, 0.2) is 0 Å². The van der Waals surface area contributed by atoms with Crippen molar-refractivity contribution in [1.29, 1.82) is 0 Å². The molecule has 0 amide bonds. The summed E-state index contributed by atoms with van der Waals surface area (Å²) in [4.78, 5) is 13.5. The van der Waals surface area contributed by atoms with E-state index in [0.29, 0.717) is 11.0 Å². The largest absolute Gasteiger partial charge is 0.308 e. The van der Waals surface area contributed by atoms with E-state index in [9.17, 15) is 4.79 Å². The van der Waals surface area contributed by atoms with Gasteiger partial charge in [-0.1, -0.05) is 6.92 Å². The van der Waals surface area contributed by atoms with E-state index in [1.165, 1.54) is 0 Å². The Morgan fingerprint density at radius 3 is 2.46 bits per heavy atom. The zero-order valence-electron chi connectivity index (χ0n) is 9.17. The number of nitrogens with zero attached hydrogens (tertiary/aromatic N) is 1. The van der Waals surface area contributed by atoms with E-state index in [4.69, 9.17) is 0 Å².